The first-order chi connectivity index (χ1) is 20.3. The fourth-order valence-electron chi connectivity index (χ4n) is 4.87. The lowest BCUT2D eigenvalue weighted by Gasteiger charge is -2.26. The Kier molecular flexibility index (Phi) is 7.45. The number of hydrogen-bond donors (Lipinski definition) is 2. The molecule has 42 heavy (non-hydrogen) atoms. The van der Waals surface area contributed by atoms with Crippen molar-refractivity contribution in [3.63, 3.8) is 0 Å². The Labute approximate surface area is 240 Å². The van der Waals surface area contributed by atoms with Crippen LogP contribution in [0, 0.1) is 11.3 Å². The molecule has 0 saturated heterocycles. The van der Waals surface area contributed by atoms with Crippen molar-refractivity contribution < 1.29 is 29.3 Å². The fraction of sp³-hybridized carbons (Fsp3) is 0.0909. The summed E-state index contributed by atoms with van der Waals surface area (Å²) in [7, 11) is 0. The SMILES string of the molecule is CC(C#N)OC(=O)c1ccccc1C1(c2ccccc2)N=C(c2ccccc2C(=O)O)C(c2ccccc2C(=O)O)=N1. The third-order valence-corrected chi connectivity index (χ3v) is 6.76. The molecule has 4 aromatic carbocycles. The molecule has 5 rings (SSSR count). The van der Waals surface area contributed by atoms with Crippen molar-refractivity contribution in [3.8, 4) is 6.07 Å². The zero-order chi connectivity index (χ0) is 29.9. The minimum absolute atomic E-state index is 0.0591. The summed E-state index contributed by atoms with van der Waals surface area (Å²) < 4.78 is 5.34. The normalized spacial score (nSPS) is 14.2. The van der Waals surface area contributed by atoms with Gasteiger partial charge in [0.25, 0.3) is 0 Å². The van der Waals surface area contributed by atoms with Crippen LogP contribution in [0.3, 0.4) is 0 Å². The lowest BCUT2D eigenvalue weighted by atomic mass is 9.88. The summed E-state index contributed by atoms with van der Waals surface area (Å²) in [6, 6.07) is 29.8. The fourth-order valence-corrected chi connectivity index (χ4v) is 4.87. The number of benzene rings is 4. The highest BCUT2D eigenvalue weighted by atomic mass is 16.5. The summed E-state index contributed by atoms with van der Waals surface area (Å²) in [6.07, 6.45) is -1.02. The molecule has 0 fully saturated rings. The molecule has 9 nitrogen and oxygen atoms in total. The zero-order valence-electron chi connectivity index (χ0n) is 22.3. The number of aromatic carboxylic acids is 2. The van der Waals surface area contributed by atoms with Gasteiger partial charge < -0.3 is 14.9 Å². The van der Waals surface area contributed by atoms with Gasteiger partial charge in [-0.3, -0.25) is 0 Å². The van der Waals surface area contributed by atoms with E-state index in [1.54, 1.807) is 84.9 Å². The largest absolute Gasteiger partial charge is 0.478 e. The number of nitriles is 1. The van der Waals surface area contributed by atoms with Crippen LogP contribution in [0.1, 0.15) is 60.3 Å². The van der Waals surface area contributed by atoms with Crippen molar-refractivity contribution in [2.45, 2.75) is 18.7 Å². The Morgan fingerprint density at radius 3 is 1.67 bits per heavy atom. The number of carboxylic acid groups (broad SMARTS) is 2. The Balaban J connectivity index is 1.89. The van der Waals surface area contributed by atoms with Crippen LogP contribution in [0.25, 0.3) is 0 Å². The molecule has 0 spiro atoms. The summed E-state index contributed by atoms with van der Waals surface area (Å²) >= 11 is 0. The zero-order valence-corrected chi connectivity index (χ0v) is 22.3. The second-order valence-electron chi connectivity index (χ2n) is 9.38. The summed E-state index contributed by atoms with van der Waals surface area (Å²) in [6.45, 7) is 1.45. The van der Waals surface area contributed by atoms with Gasteiger partial charge in [-0.05, 0) is 25.1 Å². The molecule has 1 unspecified atom stereocenters. The molecule has 4 aromatic rings. The highest BCUT2D eigenvalue weighted by Gasteiger charge is 2.44. The first-order valence-corrected chi connectivity index (χ1v) is 12.9. The Morgan fingerprint density at radius 2 is 1.17 bits per heavy atom. The van der Waals surface area contributed by atoms with E-state index >= 15 is 0 Å². The van der Waals surface area contributed by atoms with E-state index in [9.17, 15) is 29.9 Å². The van der Waals surface area contributed by atoms with Crippen molar-refractivity contribution in [1.82, 2.24) is 0 Å². The van der Waals surface area contributed by atoms with E-state index in [-0.39, 0.29) is 39.2 Å². The van der Waals surface area contributed by atoms with E-state index in [0.717, 1.165) is 0 Å². The number of nitrogens with zero attached hydrogens (tertiary/aromatic N) is 3. The molecule has 1 aliphatic heterocycles. The highest BCUT2D eigenvalue weighted by molar-refractivity contribution is 6.56. The molecule has 206 valence electrons. The maximum Gasteiger partial charge on any atom is 0.339 e. The van der Waals surface area contributed by atoms with E-state index in [1.807, 2.05) is 6.07 Å². The van der Waals surface area contributed by atoms with Gasteiger partial charge in [-0.1, -0.05) is 84.9 Å². The molecule has 9 heteroatoms. The van der Waals surface area contributed by atoms with Crippen LogP contribution in [0.4, 0.5) is 0 Å². The van der Waals surface area contributed by atoms with E-state index in [4.69, 9.17) is 14.7 Å². The number of carboxylic acids is 2. The average Bonchev–Trinajstić information content (AvgIpc) is 3.43. The molecule has 0 radical (unpaired) electrons. The molecule has 0 saturated carbocycles. The summed E-state index contributed by atoms with van der Waals surface area (Å²) in [4.78, 5) is 48.0. The lowest BCUT2D eigenvalue weighted by molar-refractivity contribution is 0.0432. The summed E-state index contributed by atoms with van der Waals surface area (Å²) in [5.74, 6) is -3.18. The first kappa shape index (κ1) is 27.7. The van der Waals surface area contributed by atoms with E-state index < -0.39 is 29.7 Å². The molecule has 0 bridgehead atoms. The first-order valence-electron chi connectivity index (χ1n) is 12.9. The van der Waals surface area contributed by atoms with Gasteiger partial charge in [-0.25, -0.2) is 24.4 Å². The maximum absolute atomic E-state index is 13.3. The van der Waals surface area contributed by atoms with Crippen molar-refractivity contribution in [1.29, 1.82) is 5.26 Å². The van der Waals surface area contributed by atoms with Crippen LogP contribution in [0.5, 0.6) is 0 Å². The van der Waals surface area contributed by atoms with Gasteiger partial charge in [-0.2, -0.15) is 5.26 Å². The molecule has 0 aliphatic carbocycles. The van der Waals surface area contributed by atoms with Crippen molar-refractivity contribution in [3.05, 3.63) is 142 Å². The van der Waals surface area contributed by atoms with Gasteiger partial charge in [0.2, 0.25) is 5.66 Å². The number of esters is 1. The van der Waals surface area contributed by atoms with Crippen LogP contribution in [-0.2, 0) is 10.4 Å². The van der Waals surface area contributed by atoms with Crippen molar-refractivity contribution >= 4 is 29.3 Å². The van der Waals surface area contributed by atoms with Crippen LogP contribution in [-0.4, -0.2) is 45.6 Å². The molecule has 1 heterocycles. The second kappa shape index (κ2) is 11.3. The van der Waals surface area contributed by atoms with E-state index in [0.29, 0.717) is 11.1 Å². The van der Waals surface area contributed by atoms with Gasteiger partial charge in [-0.15, -0.1) is 0 Å². The Morgan fingerprint density at radius 1 is 0.714 bits per heavy atom. The van der Waals surface area contributed by atoms with Crippen molar-refractivity contribution in [2.24, 2.45) is 9.98 Å². The second-order valence-corrected chi connectivity index (χ2v) is 9.38. The molecule has 1 aliphatic rings. The van der Waals surface area contributed by atoms with Gasteiger partial charge in [0.15, 0.2) is 6.10 Å². The molecule has 1 atom stereocenters. The third-order valence-electron chi connectivity index (χ3n) is 6.76. The van der Waals surface area contributed by atoms with Gasteiger partial charge >= 0.3 is 17.9 Å². The highest BCUT2D eigenvalue weighted by Crippen LogP contribution is 2.43. The van der Waals surface area contributed by atoms with Crippen LogP contribution in [0.2, 0.25) is 0 Å². The summed E-state index contributed by atoms with van der Waals surface area (Å²) in [5, 5.41) is 29.3. The Bertz CT molecular complexity index is 1750. The monoisotopic (exact) mass is 557 g/mol. The van der Waals surface area contributed by atoms with Crippen LogP contribution >= 0.6 is 0 Å². The minimum Gasteiger partial charge on any atom is -0.478 e. The molecular formula is C33H23N3O6. The number of rotatable bonds is 8. The number of aliphatic imine (C=N–C) groups is 2. The van der Waals surface area contributed by atoms with E-state index in [1.165, 1.54) is 25.1 Å². The summed E-state index contributed by atoms with van der Waals surface area (Å²) in [5.41, 5.74) is -0.111. The minimum atomic E-state index is -1.64. The van der Waals surface area contributed by atoms with Gasteiger partial charge in [0.05, 0.1) is 28.1 Å². The number of carbonyl (C=O) groups excluding carboxylic acids is 1. The van der Waals surface area contributed by atoms with Gasteiger partial charge in [0, 0.05) is 22.3 Å². The molecule has 2 N–H and O–H groups in total. The van der Waals surface area contributed by atoms with Gasteiger partial charge in [0.1, 0.15) is 6.07 Å². The number of carbonyl (C=O) groups is 3. The van der Waals surface area contributed by atoms with Crippen LogP contribution < -0.4 is 0 Å². The number of hydrogen-bond acceptors (Lipinski definition) is 7. The Hall–Kier alpha value is -5.88. The molecule has 0 amide bonds. The average molecular weight is 558 g/mol. The predicted octanol–water partition coefficient (Wildman–Crippen LogP) is 5.35. The topological polar surface area (TPSA) is 149 Å². The van der Waals surface area contributed by atoms with E-state index in [2.05, 4.69) is 0 Å². The van der Waals surface area contributed by atoms with Crippen molar-refractivity contribution in [2.75, 3.05) is 0 Å². The van der Waals surface area contributed by atoms with Crippen LogP contribution in [0.15, 0.2) is 113 Å². The smallest absolute Gasteiger partial charge is 0.339 e. The standard InChI is InChI=1S/C33H23N3O6/c1-20(19-34)42-32(41)26-17-9-10-18-27(26)33(21-11-3-2-4-12-21)35-28(22-13-5-7-15-24(22)30(37)38)29(36-33)23-14-6-8-16-25(23)31(39)40/h2-18,20H,1H3,(H,37,38)(H,39,40). The lowest BCUT2D eigenvalue weighted by Crippen LogP contribution is -2.26. The molecular weight excluding hydrogens is 534 g/mol. The molecule has 0 aromatic heterocycles. The quantitative estimate of drug-likeness (QED) is 0.278. The third kappa shape index (κ3) is 4.93. The predicted molar refractivity (Wildman–Crippen MR) is 154 cm³/mol. The maximum atomic E-state index is 13.3. The number of ether oxygens (including phenoxy) is 1.